The highest BCUT2D eigenvalue weighted by molar-refractivity contribution is 7.90. The highest BCUT2D eigenvalue weighted by Gasteiger charge is 2.15. The molecule has 4 aromatic rings. The van der Waals surface area contributed by atoms with Crippen LogP contribution in [0.4, 0.5) is 0 Å². The molecule has 0 atom stereocenters. The largest absolute Gasteiger partial charge is 0.497 e. The molecule has 0 fully saturated rings. The summed E-state index contributed by atoms with van der Waals surface area (Å²) in [7, 11) is -1.72. The van der Waals surface area contributed by atoms with Crippen LogP contribution in [-0.2, 0) is 28.6 Å². The lowest BCUT2D eigenvalue weighted by atomic mass is 10.2. The van der Waals surface area contributed by atoms with Gasteiger partial charge in [-0.1, -0.05) is 42.5 Å². The number of H-pyrrole nitrogens is 1. The molecule has 0 saturated heterocycles. The van der Waals surface area contributed by atoms with Crippen molar-refractivity contribution in [3.05, 3.63) is 89.7 Å². The Balaban J connectivity index is 1.32. The van der Waals surface area contributed by atoms with Crippen molar-refractivity contribution in [3.8, 4) is 11.5 Å². The summed E-state index contributed by atoms with van der Waals surface area (Å²) < 4.78 is 36.1. The number of sulfone groups is 1. The number of benzene rings is 3. The summed E-state index contributed by atoms with van der Waals surface area (Å²) in [5.41, 5.74) is 3.53. The van der Waals surface area contributed by atoms with Gasteiger partial charge in [0.2, 0.25) is 0 Å². The number of ether oxygens (including phenoxy) is 2. The molecule has 1 heterocycles. The highest BCUT2D eigenvalue weighted by atomic mass is 32.2. The number of fused-ring (bicyclic) bond motifs is 1. The summed E-state index contributed by atoms with van der Waals surface area (Å²) >= 11 is 0. The van der Waals surface area contributed by atoms with E-state index in [0.29, 0.717) is 24.6 Å². The molecule has 6 nitrogen and oxygen atoms in total. The summed E-state index contributed by atoms with van der Waals surface area (Å²) in [5, 5.41) is 0. The van der Waals surface area contributed by atoms with Crippen LogP contribution in [0.1, 0.15) is 17.0 Å². The molecule has 0 unspecified atom stereocenters. The third-order valence-electron chi connectivity index (χ3n) is 4.97. The Morgan fingerprint density at radius 1 is 0.903 bits per heavy atom. The molecule has 0 aliphatic heterocycles. The summed E-state index contributed by atoms with van der Waals surface area (Å²) in [5.74, 6) is 1.82. The van der Waals surface area contributed by atoms with Gasteiger partial charge in [0.25, 0.3) is 0 Å². The van der Waals surface area contributed by atoms with Gasteiger partial charge in [0, 0.05) is 6.07 Å². The number of aromatic nitrogens is 2. The Hall–Kier alpha value is -3.32. The number of hydrogen-bond acceptors (Lipinski definition) is 5. The number of hydrogen-bond donors (Lipinski definition) is 1. The molecule has 1 aromatic heterocycles. The Morgan fingerprint density at radius 3 is 2.39 bits per heavy atom. The van der Waals surface area contributed by atoms with Crippen LogP contribution in [0.15, 0.2) is 72.8 Å². The van der Waals surface area contributed by atoms with E-state index in [1.807, 2.05) is 60.7 Å². The minimum absolute atomic E-state index is 0.0532. The van der Waals surface area contributed by atoms with Crippen LogP contribution in [-0.4, -0.2) is 31.2 Å². The third kappa shape index (κ3) is 5.64. The van der Waals surface area contributed by atoms with E-state index in [2.05, 4.69) is 9.97 Å². The molecule has 0 spiro atoms. The van der Waals surface area contributed by atoms with Crippen LogP contribution in [0.25, 0.3) is 11.0 Å². The predicted octanol–water partition coefficient (Wildman–Crippen LogP) is 4.31. The second-order valence-corrected chi connectivity index (χ2v) is 9.51. The minimum atomic E-state index is -3.31. The maximum atomic E-state index is 12.6. The van der Waals surface area contributed by atoms with Gasteiger partial charge in [-0.25, -0.2) is 13.4 Å². The standard InChI is InChI=1S/C24H24N2O4S/c1-29-21-11-12-22-23(15-21)26-24(25-22)17-31(27,28)14-13-18-7-9-20(10-8-18)30-16-19-5-3-2-4-6-19/h2-12,15H,13-14,16-17H2,1H3,(H,25,26). The first-order chi connectivity index (χ1) is 15.0. The fourth-order valence-corrected chi connectivity index (χ4v) is 4.53. The van der Waals surface area contributed by atoms with Crippen LogP contribution >= 0.6 is 0 Å². The number of methoxy groups -OCH3 is 1. The first kappa shape index (κ1) is 20.9. The molecule has 1 N–H and O–H groups in total. The monoisotopic (exact) mass is 436 g/mol. The van der Waals surface area contributed by atoms with Crippen LogP contribution in [0.2, 0.25) is 0 Å². The van der Waals surface area contributed by atoms with Crippen molar-refractivity contribution in [2.45, 2.75) is 18.8 Å². The zero-order valence-electron chi connectivity index (χ0n) is 17.2. The number of rotatable bonds is 9. The smallest absolute Gasteiger partial charge is 0.157 e. The second-order valence-electron chi connectivity index (χ2n) is 7.33. The van der Waals surface area contributed by atoms with E-state index in [0.717, 1.165) is 27.9 Å². The molecule has 31 heavy (non-hydrogen) atoms. The van der Waals surface area contributed by atoms with Gasteiger partial charge in [-0.05, 0) is 41.8 Å². The second kappa shape index (κ2) is 9.22. The van der Waals surface area contributed by atoms with Crippen molar-refractivity contribution in [3.63, 3.8) is 0 Å². The van der Waals surface area contributed by atoms with Gasteiger partial charge < -0.3 is 14.5 Å². The van der Waals surface area contributed by atoms with Gasteiger partial charge in [0.05, 0.1) is 23.9 Å². The average molecular weight is 437 g/mol. The van der Waals surface area contributed by atoms with Crippen LogP contribution in [0, 0.1) is 0 Å². The van der Waals surface area contributed by atoms with Gasteiger partial charge in [-0.2, -0.15) is 0 Å². The normalized spacial score (nSPS) is 11.5. The molecular formula is C24H24N2O4S. The summed E-state index contributed by atoms with van der Waals surface area (Å²) in [6.45, 7) is 0.498. The van der Waals surface area contributed by atoms with Crippen molar-refractivity contribution < 1.29 is 17.9 Å². The number of aryl methyl sites for hydroxylation is 1. The molecule has 7 heteroatoms. The molecule has 0 radical (unpaired) electrons. The molecule has 160 valence electrons. The van der Waals surface area contributed by atoms with E-state index in [-0.39, 0.29) is 11.5 Å². The van der Waals surface area contributed by atoms with Crippen LogP contribution in [0.3, 0.4) is 0 Å². The zero-order chi connectivity index (χ0) is 21.7. The number of nitrogens with zero attached hydrogens (tertiary/aromatic N) is 1. The molecular weight excluding hydrogens is 412 g/mol. The molecule has 0 amide bonds. The third-order valence-corrected chi connectivity index (χ3v) is 6.51. The number of nitrogens with one attached hydrogen (secondary N) is 1. The lowest BCUT2D eigenvalue weighted by molar-refractivity contribution is 0.306. The Bertz CT molecular complexity index is 1250. The lowest BCUT2D eigenvalue weighted by Gasteiger charge is -2.08. The van der Waals surface area contributed by atoms with Crippen LogP contribution < -0.4 is 9.47 Å². The molecule has 0 aliphatic carbocycles. The van der Waals surface area contributed by atoms with Gasteiger partial charge >= 0.3 is 0 Å². The lowest BCUT2D eigenvalue weighted by Crippen LogP contribution is -2.12. The van der Waals surface area contributed by atoms with E-state index >= 15 is 0 Å². The maximum absolute atomic E-state index is 12.6. The summed E-state index contributed by atoms with van der Waals surface area (Å²) in [4.78, 5) is 7.45. The molecule has 4 rings (SSSR count). The molecule has 0 saturated carbocycles. The van der Waals surface area contributed by atoms with Crippen molar-refractivity contribution in [1.82, 2.24) is 9.97 Å². The van der Waals surface area contributed by atoms with E-state index in [1.54, 1.807) is 19.2 Å². The maximum Gasteiger partial charge on any atom is 0.157 e. The van der Waals surface area contributed by atoms with E-state index < -0.39 is 9.84 Å². The van der Waals surface area contributed by atoms with Gasteiger partial charge in [-0.3, -0.25) is 0 Å². The van der Waals surface area contributed by atoms with Gasteiger partial charge in [0.15, 0.2) is 9.84 Å². The zero-order valence-corrected chi connectivity index (χ0v) is 18.1. The first-order valence-electron chi connectivity index (χ1n) is 9.99. The van der Waals surface area contributed by atoms with Crippen molar-refractivity contribution in [2.24, 2.45) is 0 Å². The molecule has 0 aliphatic rings. The Labute approximate surface area is 181 Å². The fourth-order valence-electron chi connectivity index (χ4n) is 3.28. The van der Waals surface area contributed by atoms with E-state index in [4.69, 9.17) is 9.47 Å². The Kier molecular flexibility index (Phi) is 6.23. The van der Waals surface area contributed by atoms with Crippen molar-refractivity contribution in [1.29, 1.82) is 0 Å². The number of imidazole rings is 1. The van der Waals surface area contributed by atoms with E-state index in [9.17, 15) is 8.42 Å². The summed E-state index contributed by atoms with van der Waals surface area (Å²) in [6, 6.07) is 22.9. The van der Waals surface area contributed by atoms with Gasteiger partial charge in [0.1, 0.15) is 29.7 Å². The van der Waals surface area contributed by atoms with E-state index in [1.165, 1.54) is 0 Å². The molecule has 3 aromatic carbocycles. The average Bonchev–Trinajstić information content (AvgIpc) is 3.18. The van der Waals surface area contributed by atoms with Crippen molar-refractivity contribution in [2.75, 3.05) is 12.9 Å². The summed E-state index contributed by atoms with van der Waals surface area (Å²) in [6.07, 6.45) is 0.440. The topological polar surface area (TPSA) is 81.3 Å². The first-order valence-corrected chi connectivity index (χ1v) is 11.8. The minimum Gasteiger partial charge on any atom is -0.497 e. The highest BCUT2D eigenvalue weighted by Crippen LogP contribution is 2.20. The number of aromatic amines is 1. The van der Waals surface area contributed by atoms with Gasteiger partial charge in [-0.15, -0.1) is 0 Å². The fraction of sp³-hybridized carbons (Fsp3) is 0.208. The Morgan fingerprint density at radius 2 is 1.65 bits per heavy atom. The predicted molar refractivity (Wildman–Crippen MR) is 121 cm³/mol. The van der Waals surface area contributed by atoms with Crippen molar-refractivity contribution >= 4 is 20.9 Å². The quantitative estimate of drug-likeness (QED) is 0.423. The van der Waals surface area contributed by atoms with Crippen LogP contribution in [0.5, 0.6) is 11.5 Å². The molecule has 0 bridgehead atoms. The SMILES string of the molecule is COc1ccc2nc(CS(=O)(=O)CCc3ccc(OCc4ccccc4)cc3)[nH]c2c1.